The molecule has 0 aliphatic rings. The lowest BCUT2D eigenvalue weighted by Crippen LogP contribution is -2.19. The molecule has 0 radical (unpaired) electrons. The smallest absolute Gasteiger partial charge is 0.405 e. The molecule has 3 nitrogen and oxygen atoms in total. The Bertz CT molecular complexity index is 370. The monoisotopic (exact) mass is 347 g/mol. The minimum absolute atomic E-state index is 0.311. The third-order valence-electron chi connectivity index (χ3n) is 1.81. The van der Waals surface area contributed by atoms with E-state index < -0.39 is 12.4 Å². The predicted molar refractivity (Wildman–Crippen MR) is 59.9 cm³/mol. The van der Waals surface area contributed by atoms with Crippen molar-refractivity contribution in [2.24, 2.45) is 5.73 Å². The standard InChI is InChI=1S/C9H9F3INO2/c10-9(11,12)16-8-3-5(7(14)4-15)1-2-6(8)13/h1-3,7,15H,4,14H2/t7-/m0/s1. The van der Waals surface area contributed by atoms with Gasteiger partial charge in [0.15, 0.2) is 0 Å². The topological polar surface area (TPSA) is 55.5 Å². The Kier molecular flexibility index (Phi) is 4.39. The number of hydrogen-bond donors (Lipinski definition) is 2. The molecule has 0 aromatic heterocycles. The molecule has 0 saturated heterocycles. The van der Waals surface area contributed by atoms with Crippen molar-refractivity contribution in [1.29, 1.82) is 0 Å². The van der Waals surface area contributed by atoms with Gasteiger partial charge >= 0.3 is 6.36 Å². The average molecular weight is 347 g/mol. The van der Waals surface area contributed by atoms with Crippen LogP contribution in [0.5, 0.6) is 5.75 Å². The van der Waals surface area contributed by atoms with Gasteiger partial charge < -0.3 is 15.6 Å². The Morgan fingerprint density at radius 2 is 2.06 bits per heavy atom. The summed E-state index contributed by atoms with van der Waals surface area (Å²) in [7, 11) is 0. The van der Waals surface area contributed by atoms with Crippen molar-refractivity contribution in [3.8, 4) is 5.75 Å². The molecule has 0 saturated carbocycles. The summed E-state index contributed by atoms with van der Waals surface area (Å²) in [5.41, 5.74) is 5.88. The molecule has 0 fully saturated rings. The SMILES string of the molecule is N[C@@H](CO)c1ccc(I)c(OC(F)(F)F)c1. The third kappa shape index (κ3) is 3.80. The zero-order chi connectivity index (χ0) is 12.3. The number of aliphatic hydroxyl groups is 1. The molecule has 0 spiro atoms. The van der Waals surface area contributed by atoms with Gasteiger partial charge in [-0.05, 0) is 40.3 Å². The summed E-state index contributed by atoms with van der Waals surface area (Å²) in [5, 5.41) is 8.79. The van der Waals surface area contributed by atoms with Crippen LogP contribution in [-0.4, -0.2) is 18.1 Å². The van der Waals surface area contributed by atoms with Crippen LogP contribution >= 0.6 is 22.6 Å². The molecular weight excluding hydrogens is 338 g/mol. The lowest BCUT2D eigenvalue weighted by atomic mass is 10.1. The van der Waals surface area contributed by atoms with Crippen molar-refractivity contribution in [3.05, 3.63) is 27.3 Å². The first-order valence-corrected chi connectivity index (χ1v) is 5.33. The molecule has 16 heavy (non-hydrogen) atoms. The molecule has 0 heterocycles. The van der Waals surface area contributed by atoms with E-state index in [-0.39, 0.29) is 12.4 Å². The highest BCUT2D eigenvalue weighted by Gasteiger charge is 2.32. The molecular formula is C9H9F3INO2. The van der Waals surface area contributed by atoms with Crippen LogP contribution in [0.15, 0.2) is 18.2 Å². The van der Waals surface area contributed by atoms with Gasteiger partial charge in [-0.1, -0.05) is 6.07 Å². The molecule has 0 unspecified atom stereocenters. The summed E-state index contributed by atoms with van der Waals surface area (Å²) in [5.74, 6) is -0.311. The maximum atomic E-state index is 12.0. The second-order valence-electron chi connectivity index (χ2n) is 3.03. The molecule has 1 atom stereocenters. The van der Waals surface area contributed by atoms with E-state index in [1.165, 1.54) is 12.1 Å². The second kappa shape index (κ2) is 5.19. The van der Waals surface area contributed by atoms with Crippen molar-refractivity contribution in [3.63, 3.8) is 0 Å². The van der Waals surface area contributed by atoms with Crippen molar-refractivity contribution in [2.45, 2.75) is 12.4 Å². The Balaban J connectivity index is 2.99. The summed E-state index contributed by atoms with van der Waals surface area (Å²) < 4.78 is 40.2. The van der Waals surface area contributed by atoms with Gasteiger partial charge in [0.2, 0.25) is 0 Å². The van der Waals surface area contributed by atoms with Crippen LogP contribution < -0.4 is 10.5 Å². The second-order valence-corrected chi connectivity index (χ2v) is 4.19. The molecule has 0 amide bonds. The number of benzene rings is 1. The summed E-state index contributed by atoms with van der Waals surface area (Å²) >= 11 is 1.72. The van der Waals surface area contributed by atoms with E-state index in [9.17, 15) is 13.2 Å². The van der Waals surface area contributed by atoms with Gasteiger partial charge in [-0.25, -0.2) is 0 Å². The normalized spacial score (nSPS) is 13.6. The first-order valence-electron chi connectivity index (χ1n) is 4.25. The minimum Gasteiger partial charge on any atom is -0.405 e. The maximum Gasteiger partial charge on any atom is 0.573 e. The van der Waals surface area contributed by atoms with Crippen LogP contribution in [0.1, 0.15) is 11.6 Å². The molecule has 1 aromatic rings. The fourth-order valence-corrected chi connectivity index (χ4v) is 1.50. The van der Waals surface area contributed by atoms with E-state index in [0.29, 0.717) is 9.13 Å². The number of nitrogens with two attached hydrogens (primary N) is 1. The Morgan fingerprint density at radius 3 is 2.56 bits per heavy atom. The average Bonchev–Trinajstić information content (AvgIpc) is 2.18. The Hall–Kier alpha value is -0.540. The lowest BCUT2D eigenvalue weighted by molar-refractivity contribution is -0.275. The van der Waals surface area contributed by atoms with Gasteiger partial charge in [-0.2, -0.15) is 0 Å². The van der Waals surface area contributed by atoms with Gasteiger partial charge in [0.05, 0.1) is 16.2 Å². The number of rotatable bonds is 3. The summed E-state index contributed by atoms with van der Waals surface area (Å²) in [6.07, 6.45) is -4.73. The maximum absolute atomic E-state index is 12.0. The fourth-order valence-electron chi connectivity index (χ4n) is 1.06. The number of ether oxygens (including phenoxy) is 1. The highest BCUT2D eigenvalue weighted by Crippen LogP contribution is 2.29. The molecule has 90 valence electrons. The van der Waals surface area contributed by atoms with Gasteiger partial charge in [-0.15, -0.1) is 13.2 Å². The lowest BCUT2D eigenvalue weighted by Gasteiger charge is -2.14. The van der Waals surface area contributed by atoms with E-state index in [0.717, 1.165) is 0 Å². The number of alkyl halides is 3. The summed E-state index contributed by atoms with van der Waals surface area (Å²) in [6, 6.07) is 3.46. The molecule has 3 N–H and O–H groups in total. The first kappa shape index (κ1) is 13.5. The number of aliphatic hydroxyl groups excluding tert-OH is 1. The van der Waals surface area contributed by atoms with Crippen LogP contribution in [0.25, 0.3) is 0 Å². The molecule has 0 aliphatic carbocycles. The Morgan fingerprint density at radius 1 is 1.44 bits per heavy atom. The van der Waals surface area contributed by atoms with Crippen LogP contribution in [0.2, 0.25) is 0 Å². The predicted octanol–water partition coefficient (Wildman–Crippen LogP) is 2.18. The third-order valence-corrected chi connectivity index (χ3v) is 2.70. The number of halogens is 4. The zero-order valence-corrected chi connectivity index (χ0v) is 10.1. The van der Waals surface area contributed by atoms with Crippen molar-refractivity contribution in [2.75, 3.05) is 6.61 Å². The van der Waals surface area contributed by atoms with Crippen molar-refractivity contribution < 1.29 is 23.0 Å². The van der Waals surface area contributed by atoms with Crippen molar-refractivity contribution >= 4 is 22.6 Å². The van der Waals surface area contributed by atoms with Crippen LogP contribution in [0, 0.1) is 3.57 Å². The van der Waals surface area contributed by atoms with Crippen LogP contribution in [0.3, 0.4) is 0 Å². The largest absolute Gasteiger partial charge is 0.573 e. The molecule has 0 aliphatic heterocycles. The van der Waals surface area contributed by atoms with E-state index >= 15 is 0 Å². The molecule has 7 heteroatoms. The van der Waals surface area contributed by atoms with Gasteiger partial charge in [0.25, 0.3) is 0 Å². The molecule has 1 rings (SSSR count). The van der Waals surface area contributed by atoms with Gasteiger partial charge in [0.1, 0.15) is 5.75 Å². The van der Waals surface area contributed by atoms with E-state index in [2.05, 4.69) is 4.74 Å². The highest BCUT2D eigenvalue weighted by atomic mass is 127. The van der Waals surface area contributed by atoms with Crippen LogP contribution in [0.4, 0.5) is 13.2 Å². The number of hydrogen-bond acceptors (Lipinski definition) is 3. The van der Waals surface area contributed by atoms with Gasteiger partial charge in [0, 0.05) is 0 Å². The van der Waals surface area contributed by atoms with E-state index in [4.69, 9.17) is 10.8 Å². The highest BCUT2D eigenvalue weighted by molar-refractivity contribution is 14.1. The van der Waals surface area contributed by atoms with Gasteiger partial charge in [-0.3, -0.25) is 0 Å². The zero-order valence-electron chi connectivity index (χ0n) is 7.96. The minimum atomic E-state index is -4.73. The quantitative estimate of drug-likeness (QED) is 0.825. The molecule has 0 bridgehead atoms. The Labute approximate surface area is 104 Å². The van der Waals surface area contributed by atoms with Crippen molar-refractivity contribution in [1.82, 2.24) is 0 Å². The van der Waals surface area contributed by atoms with Crippen LogP contribution in [-0.2, 0) is 0 Å². The summed E-state index contributed by atoms with van der Waals surface area (Å²) in [6.45, 7) is -0.341. The summed E-state index contributed by atoms with van der Waals surface area (Å²) in [4.78, 5) is 0. The molecule has 1 aromatic carbocycles. The fraction of sp³-hybridized carbons (Fsp3) is 0.333. The van der Waals surface area contributed by atoms with E-state index in [1.54, 1.807) is 28.7 Å². The first-order chi connectivity index (χ1) is 7.33. The van der Waals surface area contributed by atoms with E-state index in [1.807, 2.05) is 0 Å².